The smallest absolute Gasteiger partial charge is 0.234 e. The van der Waals surface area contributed by atoms with Crippen molar-refractivity contribution >= 4 is 6.34 Å². The van der Waals surface area contributed by atoms with Crippen LogP contribution in [-0.4, -0.2) is 36.0 Å². The molecule has 0 saturated carbocycles. The predicted octanol–water partition coefficient (Wildman–Crippen LogP) is 1.17. The molecule has 2 nitrogen and oxygen atoms in total. The molecule has 0 unspecified atom stereocenters. The number of hydrogen-bond donors (Lipinski definition) is 0. The van der Waals surface area contributed by atoms with Crippen LogP contribution in [0.1, 0.15) is 5.56 Å². The zero-order chi connectivity index (χ0) is 9.10. The number of benzene rings is 1. The highest BCUT2D eigenvalue weighted by atomic mass is 15.3. The van der Waals surface area contributed by atoms with Gasteiger partial charge >= 0.3 is 0 Å². The van der Waals surface area contributed by atoms with E-state index < -0.39 is 0 Å². The number of rotatable bonds is 2. The van der Waals surface area contributed by atoms with E-state index in [1.54, 1.807) is 0 Å². The van der Waals surface area contributed by atoms with Gasteiger partial charge in [0.15, 0.2) is 0 Å². The second-order valence-corrected chi connectivity index (χ2v) is 3.55. The van der Waals surface area contributed by atoms with E-state index in [0.717, 1.165) is 19.6 Å². The van der Waals surface area contributed by atoms with Crippen LogP contribution in [0, 0.1) is 0 Å². The van der Waals surface area contributed by atoms with Crippen molar-refractivity contribution in [2.24, 2.45) is 0 Å². The van der Waals surface area contributed by atoms with E-state index in [4.69, 9.17) is 0 Å². The number of hydrogen-bond acceptors (Lipinski definition) is 1. The monoisotopic (exact) mass is 175 g/mol. The fraction of sp³-hybridized carbons (Fsp3) is 0.364. The van der Waals surface area contributed by atoms with Gasteiger partial charge < -0.3 is 0 Å². The predicted molar refractivity (Wildman–Crippen MR) is 54.0 cm³/mol. The highest BCUT2D eigenvalue weighted by Crippen LogP contribution is 2.04. The van der Waals surface area contributed by atoms with Gasteiger partial charge in [-0.25, -0.2) is 0 Å². The molecule has 0 spiro atoms. The molecule has 1 heterocycles. The third-order valence-corrected chi connectivity index (χ3v) is 2.33. The van der Waals surface area contributed by atoms with Crippen molar-refractivity contribution in [2.45, 2.75) is 6.54 Å². The zero-order valence-corrected chi connectivity index (χ0v) is 7.98. The summed E-state index contributed by atoms with van der Waals surface area (Å²) in [5, 5.41) is 0. The Balaban J connectivity index is 2.00. The maximum atomic E-state index is 2.34. The van der Waals surface area contributed by atoms with Crippen LogP contribution in [0.2, 0.25) is 0 Å². The molecule has 2 heteroatoms. The summed E-state index contributed by atoms with van der Waals surface area (Å²) in [5.74, 6) is 0. The molecule has 1 aliphatic rings. The van der Waals surface area contributed by atoms with Gasteiger partial charge in [0.05, 0.1) is 7.05 Å². The van der Waals surface area contributed by atoms with Gasteiger partial charge in [-0.05, 0) is 5.56 Å². The Morgan fingerprint density at radius 1 is 1.31 bits per heavy atom. The first kappa shape index (κ1) is 8.30. The first-order chi connectivity index (χ1) is 6.34. The average molecular weight is 175 g/mol. The van der Waals surface area contributed by atoms with Gasteiger partial charge in [-0.3, -0.25) is 9.48 Å². The molecule has 1 aromatic carbocycles. The lowest BCUT2D eigenvalue weighted by Gasteiger charge is -2.05. The van der Waals surface area contributed by atoms with Crippen LogP contribution in [0.5, 0.6) is 0 Å². The van der Waals surface area contributed by atoms with Crippen molar-refractivity contribution in [3.63, 3.8) is 0 Å². The van der Waals surface area contributed by atoms with Crippen molar-refractivity contribution in [1.29, 1.82) is 0 Å². The van der Waals surface area contributed by atoms with Gasteiger partial charge in [0.1, 0.15) is 19.6 Å². The second kappa shape index (κ2) is 3.60. The molecule has 0 aromatic heterocycles. The van der Waals surface area contributed by atoms with Crippen molar-refractivity contribution in [2.75, 3.05) is 20.1 Å². The summed E-state index contributed by atoms with van der Waals surface area (Å²) in [6.45, 7) is 3.32. The second-order valence-electron chi connectivity index (χ2n) is 3.55. The maximum Gasteiger partial charge on any atom is 0.234 e. The standard InChI is InChI=1S/C11H15N2/c1-12-7-8-13(10-12)9-11-5-3-2-4-6-11/h2-6,10H,7-9H2,1H3/q+1. The number of nitrogens with zero attached hydrogens (tertiary/aromatic N) is 2. The normalized spacial score (nSPS) is 16.1. The molecule has 0 fully saturated rings. The minimum atomic E-state index is 1.03. The van der Waals surface area contributed by atoms with E-state index in [2.05, 4.69) is 53.2 Å². The first-order valence-electron chi connectivity index (χ1n) is 4.68. The molecule has 0 saturated heterocycles. The van der Waals surface area contributed by atoms with Crippen LogP contribution in [0.15, 0.2) is 30.3 Å². The quantitative estimate of drug-likeness (QED) is 0.612. The number of likely N-dealkylation sites (N-methyl/N-ethyl adjacent to an activating group) is 1. The van der Waals surface area contributed by atoms with Crippen LogP contribution in [-0.2, 0) is 6.54 Å². The van der Waals surface area contributed by atoms with Crippen LogP contribution in [0.4, 0.5) is 0 Å². The molecule has 1 aliphatic heterocycles. The summed E-state index contributed by atoms with van der Waals surface area (Å²) < 4.78 is 2.23. The molecule has 0 aliphatic carbocycles. The fourth-order valence-electron chi connectivity index (χ4n) is 1.62. The topological polar surface area (TPSA) is 6.25 Å². The van der Waals surface area contributed by atoms with Crippen molar-refractivity contribution in [3.8, 4) is 0 Å². The molecular weight excluding hydrogens is 160 g/mol. The molecule has 0 N–H and O–H groups in total. The van der Waals surface area contributed by atoms with Gasteiger partial charge in [-0.1, -0.05) is 30.3 Å². The summed E-state index contributed by atoms with van der Waals surface area (Å²) in [6.07, 6.45) is 2.19. The molecule has 0 radical (unpaired) electrons. The lowest BCUT2D eigenvalue weighted by Crippen LogP contribution is -2.18. The molecular formula is C11H15N2+. The lowest BCUT2D eigenvalue weighted by molar-refractivity contribution is -0.482. The molecule has 0 atom stereocenters. The summed E-state index contributed by atoms with van der Waals surface area (Å²) in [7, 11) is 2.12. The Bertz CT molecular complexity index is 303. The van der Waals surface area contributed by atoms with Crippen LogP contribution in [0.25, 0.3) is 0 Å². The molecule has 0 bridgehead atoms. The fourth-order valence-corrected chi connectivity index (χ4v) is 1.62. The van der Waals surface area contributed by atoms with Crippen LogP contribution >= 0.6 is 0 Å². The van der Waals surface area contributed by atoms with Crippen LogP contribution < -0.4 is 0 Å². The zero-order valence-electron chi connectivity index (χ0n) is 7.98. The van der Waals surface area contributed by atoms with Crippen molar-refractivity contribution in [3.05, 3.63) is 35.9 Å². The molecule has 0 amide bonds. The van der Waals surface area contributed by atoms with Gasteiger partial charge in [0.2, 0.25) is 6.34 Å². The Morgan fingerprint density at radius 3 is 2.69 bits per heavy atom. The minimum Gasteiger partial charge on any atom is -0.267 e. The highest BCUT2D eigenvalue weighted by Gasteiger charge is 2.15. The lowest BCUT2D eigenvalue weighted by atomic mass is 10.2. The van der Waals surface area contributed by atoms with E-state index in [0.29, 0.717) is 0 Å². The summed E-state index contributed by atoms with van der Waals surface area (Å²) >= 11 is 0. The Labute approximate surface area is 79.1 Å². The highest BCUT2D eigenvalue weighted by molar-refractivity contribution is 5.50. The molecule has 68 valence electrons. The first-order valence-corrected chi connectivity index (χ1v) is 4.68. The molecule has 13 heavy (non-hydrogen) atoms. The Morgan fingerprint density at radius 2 is 2.08 bits per heavy atom. The molecule has 2 rings (SSSR count). The van der Waals surface area contributed by atoms with Gasteiger partial charge in [-0.15, -0.1) is 0 Å². The maximum absolute atomic E-state index is 2.34. The van der Waals surface area contributed by atoms with Crippen molar-refractivity contribution in [1.82, 2.24) is 4.90 Å². The third-order valence-electron chi connectivity index (χ3n) is 2.33. The van der Waals surface area contributed by atoms with Crippen molar-refractivity contribution < 1.29 is 4.58 Å². The third kappa shape index (κ3) is 2.08. The van der Waals surface area contributed by atoms with E-state index in [1.807, 2.05) is 0 Å². The summed E-state index contributed by atoms with van der Waals surface area (Å²) in [4.78, 5) is 2.34. The van der Waals surface area contributed by atoms with E-state index in [-0.39, 0.29) is 0 Å². The summed E-state index contributed by atoms with van der Waals surface area (Å²) in [6, 6.07) is 10.6. The van der Waals surface area contributed by atoms with E-state index in [9.17, 15) is 0 Å². The van der Waals surface area contributed by atoms with E-state index >= 15 is 0 Å². The van der Waals surface area contributed by atoms with Gasteiger partial charge in [0.25, 0.3) is 0 Å². The minimum absolute atomic E-state index is 1.03. The van der Waals surface area contributed by atoms with Gasteiger partial charge in [0, 0.05) is 0 Å². The largest absolute Gasteiger partial charge is 0.267 e. The van der Waals surface area contributed by atoms with Gasteiger partial charge in [-0.2, -0.15) is 0 Å². The molecule has 1 aromatic rings. The van der Waals surface area contributed by atoms with Crippen LogP contribution in [0.3, 0.4) is 0 Å². The van der Waals surface area contributed by atoms with E-state index in [1.165, 1.54) is 5.56 Å². The SMILES string of the molecule is C[N+]1=CN(Cc2ccccc2)CC1. The average Bonchev–Trinajstić information content (AvgIpc) is 2.53. The Hall–Kier alpha value is -1.31. The Kier molecular flexibility index (Phi) is 2.30. The summed E-state index contributed by atoms with van der Waals surface area (Å²) in [5.41, 5.74) is 1.38.